The molecule has 3 nitrogen and oxygen atoms in total. The van der Waals surface area contributed by atoms with Crippen molar-refractivity contribution in [2.75, 3.05) is 24.9 Å². The first kappa shape index (κ1) is 14.5. The Morgan fingerprint density at radius 2 is 2.12 bits per heavy atom. The molecule has 2 atom stereocenters. The molecule has 2 N–H and O–H groups in total. The molecule has 5 heteroatoms. The molecule has 0 spiro atoms. The van der Waals surface area contributed by atoms with E-state index < -0.39 is 8.07 Å². The Labute approximate surface area is 104 Å². The van der Waals surface area contributed by atoms with Crippen LogP contribution in [0.15, 0.2) is 0 Å². The molecule has 0 unspecified atom stereocenters. The Bertz CT molecular complexity index is 199. The summed E-state index contributed by atoms with van der Waals surface area (Å²) >= 11 is 1.92. The van der Waals surface area contributed by atoms with Gasteiger partial charge in [0.15, 0.2) is 0 Å². The molecular formula is C11H25NO2SSi. The topological polar surface area (TPSA) is 44.5 Å². The van der Waals surface area contributed by atoms with Gasteiger partial charge in [-0.15, -0.1) is 0 Å². The molecule has 1 aliphatic heterocycles. The Morgan fingerprint density at radius 3 is 2.75 bits per heavy atom. The summed E-state index contributed by atoms with van der Waals surface area (Å²) in [5.74, 6) is 2.18. The van der Waals surface area contributed by atoms with Crippen LogP contribution in [0.5, 0.6) is 0 Å². The number of thioether (sulfide) groups is 1. The lowest BCUT2D eigenvalue weighted by Crippen LogP contribution is -2.42. The molecule has 16 heavy (non-hydrogen) atoms. The third-order valence-electron chi connectivity index (χ3n) is 2.72. The van der Waals surface area contributed by atoms with E-state index in [9.17, 15) is 0 Å². The van der Waals surface area contributed by atoms with Gasteiger partial charge in [-0.05, 0) is 18.2 Å². The smallest absolute Gasteiger partial charge is 0.147 e. The standard InChI is InChI=1S/C11H25NO2SSi/c1-16(2,3)7-5-13-9-14-11-8-15-6-4-10(11)12/h10-11H,4-9,12H2,1-3H3/t10-,11-/m0/s1. The first-order chi connectivity index (χ1) is 7.49. The fourth-order valence-electron chi connectivity index (χ4n) is 1.47. The summed E-state index contributed by atoms with van der Waals surface area (Å²) in [7, 11) is -0.970. The molecule has 1 saturated heterocycles. The minimum atomic E-state index is -0.970. The third kappa shape index (κ3) is 6.25. The lowest BCUT2D eigenvalue weighted by molar-refractivity contribution is -0.0863. The highest BCUT2D eigenvalue weighted by atomic mass is 32.2. The lowest BCUT2D eigenvalue weighted by Gasteiger charge is -2.28. The Balaban J connectivity index is 2.02. The van der Waals surface area contributed by atoms with Gasteiger partial charge in [0.25, 0.3) is 0 Å². The van der Waals surface area contributed by atoms with Crippen LogP contribution in [-0.4, -0.2) is 45.1 Å². The zero-order valence-electron chi connectivity index (χ0n) is 10.7. The van der Waals surface area contributed by atoms with Gasteiger partial charge in [0.2, 0.25) is 0 Å². The largest absolute Gasteiger partial charge is 0.356 e. The van der Waals surface area contributed by atoms with Crippen molar-refractivity contribution in [1.82, 2.24) is 0 Å². The molecule has 1 aliphatic rings. The number of hydrogen-bond donors (Lipinski definition) is 1. The molecule has 1 fully saturated rings. The van der Waals surface area contributed by atoms with Crippen molar-refractivity contribution < 1.29 is 9.47 Å². The van der Waals surface area contributed by atoms with Crippen LogP contribution < -0.4 is 5.73 Å². The van der Waals surface area contributed by atoms with E-state index in [1.807, 2.05) is 11.8 Å². The van der Waals surface area contributed by atoms with Gasteiger partial charge in [0.05, 0.1) is 6.10 Å². The second-order valence-corrected chi connectivity index (χ2v) is 12.3. The Kier molecular flexibility index (Phi) is 6.36. The van der Waals surface area contributed by atoms with Gasteiger partial charge in [-0.25, -0.2) is 0 Å². The molecule has 0 aromatic heterocycles. The second-order valence-electron chi connectivity index (χ2n) is 5.57. The van der Waals surface area contributed by atoms with Crippen LogP contribution in [0.1, 0.15) is 6.42 Å². The molecule has 0 aromatic carbocycles. The van der Waals surface area contributed by atoms with E-state index in [2.05, 4.69) is 19.6 Å². The molecule has 0 bridgehead atoms. The van der Waals surface area contributed by atoms with Crippen molar-refractivity contribution in [3.05, 3.63) is 0 Å². The quantitative estimate of drug-likeness (QED) is 0.453. The van der Waals surface area contributed by atoms with Crippen molar-refractivity contribution in [3.63, 3.8) is 0 Å². The first-order valence-corrected chi connectivity index (χ1v) is 10.9. The summed E-state index contributed by atoms with van der Waals surface area (Å²) in [5.41, 5.74) is 5.98. The molecule has 1 heterocycles. The number of hydrogen-bond acceptors (Lipinski definition) is 4. The average molecular weight is 263 g/mol. The summed E-state index contributed by atoms with van der Waals surface area (Å²) in [6.07, 6.45) is 1.25. The normalized spacial score (nSPS) is 27.0. The van der Waals surface area contributed by atoms with Gasteiger partial charge in [0.1, 0.15) is 6.79 Å². The molecule has 1 rings (SSSR count). The van der Waals surface area contributed by atoms with E-state index in [0.717, 1.165) is 24.5 Å². The Hall–Kier alpha value is 0.447. The highest BCUT2D eigenvalue weighted by Gasteiger charge is 2.22. The fraction of sp³-hybridized carbons (Fsp3) is 1.00. The van der Waals surface area contributed by atoms with E-state index in [1.165, 1.54) is 6.04 Å². The van der Waals surface area contributed by atoms with Crippen LogP contribution in [0.25, 0.3) is 0 Å². The first-order valence-electron chi connectivity index (χ1n) is 6.02. The fourth-order valence-corrected chi connectivity index (χ4v) is 3.41. The average Bonchev–Trinajstić information content (AvgIpc) is 2.18. The molecule has 0 aliphatic carbocycles. The number of rotatable bonds is 6. The number of nitrogens with two attached hydrogens (primary N) is 1. The van der Waals surface area contributed by atoms with Crippen LogP contribution in [0.3, 0.4) is 0 Å². The zero-order chi connectivity index (χ0) is 12.0. The molecular weight excluding hydrogens is 238 g/mol. The third-order valence-corrected chi connectivity index (χ3v) is 5.51. The summed E-state index contributed by atoms with van der Waals surface area (Å²) < 4.78 is 11.2. The van der Waals surface area contributed by atoms with Crippen LogP contribution >= 0.6 is 11.8 Å². The molecule has 0 amide bonds. The van der Waals surface area contributed by atoms with Gasteiger partial charge >= 0.3 is 0 Å². The minimum Gasteiger partial charge on any atom is -0.356 e. The van der Waals surface area contributed by atoms with Crippen LogP contribution in [0.2, 0.25) is 25.7 Å². The van der Waals surface area contributed by atoms with Crippen LogP contribution in [0.4, 0.5) is 0 Å². The van der Waals surface area contributed by atoms with Crippen molar-refractivity contribution in [1.29, 1.82) is 0 Å². The van der Waals surface area contributed by atoms with Crippen LogP contribution in [-0.2, 0) is 9.47 Å². The van der Waals surface area contributed by atoms with Gasteiger partial charge in [0, 0.05) is 26.5 Å². The van der Waals surface area contributed by atoms with Gasteiger partial charge in [-0.3, -0.25) is 0 Å². The second kappa shape index (κ2) is 7.01. The summed E-state index contributed by atoms with van der Waals surface area (Å²) in [4.78, 5) is 0. The maximum Gasteiger partial charge on any atom is 0.147 e. The van der Waals surface area contributed by atoms with Crippen molar-refractivity contribution >= 4 is 19.8 Å². The summed E-state index contributed by atoms with van der Waals surface area (Å²) in [6, 6.07) is 1.39. The van der Waals surface area contributed by atoms with Crippen molar-refractivity contribution in [3.8, 4) is 0 Å². The summed E-state index contributed by atoms with van der Waals surface area (Å²) in [6.45, 7) is 8.29. The van der Waals surface area contributed by atoms with Crippen molar-refractivity contribution in [2.24, 2.45) is 5.73 Å². The lowest BCUT2D eigenvalue weighted by atomic mass is 10.1. The van der Waals surface area contributed by atoms with E-state index in [-0.39, 0.29) is 12.1 Å². The highest BCUT2D eigenvalue weighted by Crippen LogP contribution is 2.19. The van der Waals surface area contributed by atoms with Crippen LogP contribution in [0, 0.1) is 0 Å². The van der Waals surface area contributed by atoms with E-state index in [4.69, 9.17) is 15.2 Å². The van der Waals surface area contributed by atoms with E-state index >= 15 is 0 Å². The summed E-state index contributed by atoms with van der Waals surface area (Å²) in [5, 5.41) is 0. The highest BCUT2D eigenvalue weighted by molar-refractivity contribution is 7.99. The number of ether oxygens (including phenoxy) is 2. The SMILES string of the molecule is C[Si](C)(C)CCOCO[C@H]1CSCC[C@@H]1N. The zero-order valence-corrected chi connectivity index (χ0v) is 12.5. The molecule has 0 radical (unpaired) electrons. The predicted octanol–water partition coefficient (Wildman–Crippen LogP) is 2.15. The monoisotopic (exact) mass is 263 g/mol. The van der Waals surface area contributed by atoms with E-state index in [0.29, 0.717) is 6.79 Å². The molecule has 0 saturated carbocycles. The molecule has 96 valence electrons. The van der Waals surface area contributed by atoms with Crippen molar-refractivity contribution in [2.45, 2.75) is 44.3 Å². The maximum absolute atomic E-state index is 5.98. The molecule has 0 aromatic rings. The van der Waals surface area contributed by atoms with Gasteiger partial charge in [-0.2, -0.15) is 11.8 Å². The van der Waals surface area contributed by atoms with Gasteiger partial charge < -0.3 is 15.2 Å². The maximum atomic E-state index is 5.98. The van der Waals surface area contributed by atoms with Gasteiger partial charge in [-0.1, -0.05) is 19.6 Å². The minimum absolute atomic E-state index is 0.186. The Morgan fingerprint density at radius 1 is 1.38 bits per heavy atom. The van der Waals surface area contributed by atoms with E-state index in [1.54, 1.807) is 0 Å². The predicted molar refractivity (Wildman–Crippen MR) is 73.8 cm³/mol.